The summed E-state index contributed by atoms with van der Waals surface area (Å²) in [6.07, 6.45) is 0. The van der Waals surface area contributed by atoms with Crippen LogP contribution in [0.25, 0.3) is 0 Å². The summed E-state index contributed by atoms with van der Waals surface area (Å²) in [7, 11) is 0. The zero-order valence-electron chi connectivity index (χ0n) is 11.0. The Balaban J connectivity index is 2.30. The number of hydrogen-bond donors (Lipinski definition) is 3. The number of hydrazine groups is 1. The van der Waals surface area contributed by atoms with E-state index in [1.165, 1.54) is 6.07 Å². The molecule has 0 atom stereocenters. The van der Waals surface area contributed by atoms with E-state index in [9.17, 15) is 13.6 Å². The number of aryl methyl sites for hydroxylation is 1. The van der Waals surface area contributed by atoms with Crippen molar-refractivity contribution in [2.24, 2.45) is 5.84 Å². The number of rotatable bonds is 3. The van der Waals surface area contributed by atoms with Crippen molar-refractivity contribution >= 4 is 33.2 Å². The molecule has 4 nitrogen and oxygen atoms in total. The fraction of sp³-hybridized carbons (Fsp3) is 0.0714. The van der Waals surface area contributed by atoms with E-state index >= 15 is 0 Å². The third-order valence-electron chi connectivity index (χ3n) is 2.88. The SMILES string of the molecule is Cc1cc(NN)ccc1C(=O)Nc1c(F)cc(Br)cc1F. The first-order valence-electron chi connectivity index (χ1n) is 5.95. The van der Waals surface area contributed by atoms with Crippen LogP contribution in [0.15, 0.2) is 34.8 Å². The van der Waals surface area contributed by atoms with E-state index in [0.717, 1.165) is 12.1 Å². The van der Waals surface area contributed by atoms with Gasteiger partial charge in [-0.1, -0.05) is 15.9 Å². The lowest BCUT2D eigenvalue weighted by molar-refractivity contribution is 0.102. The molecule has 0 spiro atoms. The van der Waals surface area contributed by atoms with Crippen LogP contribution in [-0.4, -0.2) is 5.91 Å². The molecule has 0 fully saturated rings. The summed E-state index contributed by atoms with van der Waals surface area (Å²) in [6.45, 7) is 1.70. The Morgan fingerprint density at radius 2 is 1.81 bits per heavy atom. The molecular weight excluding hydrogens is 344 g/mol. The fourth-order valence-corrected chi connectivity index (χ4v) is 2.25. The number of nitrogens with one attached hydrogen (secondary N) is 2. The molecule has 0 aliphatic carbocycles. The second kappa shape index (κ2) is 6.19. The quantitative estimate of drug-likeness (QED) is 0.582. The number of amides is 1. The van der Waals surface area contributed by atoms with Gasteiger partial charge < -0.3 is 10.7 Å². The summed E-state index contributed by atoms with van der Waals surface area (Å²) < 4.78 is 27.6. The van der Waals surface area contributed by atoms with Gasteiger partial charge in [0, 0.05) is 15.7 Å². The molecule has 7 heteroatoms. The number of hydrogen-bond acceptors (Lipinski definition) is 3. The van der Waals surface area contributed by atoms with Crippen LogP contribution < -0.4 is 16.6 Å². The number of nitrogen functional groups attached to an aromatic ring is 1. The molecule has 2 aromatic rings. The predicted octanol–water partition coefficient (Wildman–Crippen LogP) is 3.57. The highest BCUT2D eigenvalue weighted by Gasteiger charge is 2.16. The highest BCUT2D eigenvalue weighted by Crippen LogP contribution is 2.25. The number of nitrogens with two attached hydrogens (primary N) is 1. The Kier molecular flexibility index (Phi) is 4.54. The first-order valence-corrected chi connectivity index (χ1v) is 6.75. The van der Waals surface area contributed by atoms with Crippen molar-refractivity contribution in [1.29, 1.82) is 0 Å². The highest BCUT2D eigenvalue weighted by atomic mass is 79.9. The Hall–Kier alpha value is -1.99. The molecule has 0 bridgehead atoms. The number of benzene rings is 2. The minimum absolute atomic E-state index is 0.255. The van der Waals surface area contributed by atoms with Crippen molar-refractivity contribution in [3.05, 3.63) is 57.6 Å². The van der Waals surface area contributed by atoms with Gasteiger partial charge in [-0.3, -0.25) is 10.6 Å². The molecule has 0 aromatic heterocycles. The van der Waals surface area contributed by atoms with Gasteiger partial charge in [-0.2, -0.15) is 0 Å². The van der Waals surface area contributed by atoms with Crippen LogP contribution >= 0.6 is 15.9 Å². The maximum Gasteiger partial charge on any atom is 0.256 e. The van der Waals surface area contributed by atoms with Crippen molar-refractivity contribution < 1.29 is 13.6 Å². The fourth-order valence-electron chi connectivity index (χ4n) is 1.85. The van der Waals surface area contributed by atoms with Crippen LogP contribution in [0.5, 0.6) is 0 Å². The molecule has 2 aromatic carbocycles. The predicted molar refractivity (Wildman–Crippen MR) is 81.0 cm³/mol. The van der Waals surface area contributed by atoms with Crippen LogP contribution in [0.2, 0.25) is 0 Å². The van der Waals surface area contributed by atoms with Crippen molar-refractivity contribution in [3.63, 3.8) is 0 Å². The Morgan fingerprint density at radius 3 is 2.33 bits per heavy atom. The molecule has 0 heterocycles. The summed E-state index contributed by atoms with van der Waals surface area (Å²) in [4.78, 5) is 12.1. The van der Waals surface area contributed by atoms with Gasteiger partial charge in [0.15, 0.2) is 11.6 Å². The second-order valence-corrected chi connectivity index (χ2v) is 5.29. The van der Waals surface area contributed by atoms with E-state index in [1.54, 1.807) is 19.1 Å². The van der Waals surface area contributed by atoms with E-state index in [1.807, 2.05) is 0 Å². The van der Waals surface area contributed by atoms with Gasteiger partial charge in [-0.05, 0) is 42.8 Å². The first kappa shape index (κ1) is 15.4. The molecule has 0 aliphatic rings. The normalized spacial score (nSPS) is 10.3. The van der Waals surface area contributed by atoms with Crippen LogP contribution in [0.3, 0.4) is 0 Å². The lowest BCUT2D eigenvalue weighted by atomic mass is 10.1. The molecule has 110 valence electrons. The smallest absolute Gasteiger partial charge is 0.256 e. The standard InChI is InChI=1S/C14H12BrF2N3O/c1-7-4-9(20-18)2-3-10(7)14(21)19-13-11(16)5-8(15)6-12(13)17/h2-6,20H,18H2,1H3,(H,19,21). The Morgan fingerprint density at radius 1 is 1.19 bits per heavy atom. The second-order valence-electron chi connectivity index (χ2n) is 4.37. The van der Waals surface area contributed by atoms with Gasteiger partial charge in [0.25, 0.3) is 5.91 Å². The van der Waals surface area contributed by atoms with Gasteiger partial charge >= 0.3 is 0 Å². The molecule has 0 saturated heterocycles. The highest BCUT2D eigenvalue weighted by molar-refractivity contribution is 9.10. The van der Waals surface area contributed by atoms with Crippen molar-refractivity contribution in [2.75, 3.05) is 10.7 Å². The van der Waals surface area contributed by atoms with Crippen LogP contribution in [0.1, 0.15) is 15.9 Å². The van der Waals surface area contributed by atoms with Crippen LogP contribution in [0, 0.1) is 18.6 Å². The maximum absolute atomic E-state index is 13.7. The lowest BCUT2D eigenvalue weighted by Gasteiger charge is -2.11. The molecular formula is C14H12BrF2N3O. The maximum atomic E-state index is 13.7. The van der Waals surface area contributed by atoms with E-state index in [4.69, 9.17) is 5.84 Å². The minimum Gasteiger partial charge on any atom is -0.324 e. The molecule has 2 rings (SSSR count). The van der Waals surface area contributed by atoms with Crippen molar-refractivity contribution in [1.82, 2.24) is 0 Å². The van der Waals surface area contributed by atoms with Gasteiger partial charge in [0.1, 0.15) is 5.69 Å². The van der Waals surface area contributed by atoms with Gasteiger partial charge in [0.05, 0.1) is 0 Å². The summed E-state index contributed by atoms with van der Waals surface area (Å²) >= 11 is 2.97. The Bertz CT molecular complexity index is 684. The minimum atomic E-state index is -0.854. The summed E-state index contributed by atoms with van der Waals surface area (Å²) in [5.74, 6) is 2.96. The van der Waals surface area contributed by atoms with E-state index in [2.05, 4.69) is 26.7 Å². The molecule has 0 aliphatic heterocycles. The van der Waals surface area contributed by atoms with E-state index in [-0.39, 0.29) is 4.47 Å². The van der Waals surface area contributed by atoms with Gasteiger partial charge in [-0.25, -0.2) is 8.78 Å². The van der Waals surface area contributed by atoms with Crippen molar-refractivity contribution in [3.8, 4) is 0 Å². The third-order valence-corrected chi connectivity index (χ3v) is 3.34. The summed E-state index contributed by atoms with van der Waals surface area (Å²) in [5.41, 5.74) is 3.53. The van der Waals surface area contributed by atoms with Crippen LogP contribution in [0.4, 0.5) is 20.2 Å². The van der Waals surface area contributed by atoms with Gasteiger partial charge in [-0.15, -0.1) is 0 Å². The molecule has 0 unspecified atom stereocenters. The molecule has 1 amide bonds. The monoisotopic (exact) mass is 355 g/mol. The van der Waals surface area contributed by atoms with Crippen molar-refractivity contribution in [2.45, 2.75) is 6.92 Å². The lowest BCUT2D eigenvalue weighted by Crippen LogP contribution is -2.16. The molecule has 4 N–H and O–H groups in total. The van der Waals surface area contributed by atoms with E-state index in [0.29, 0.717) is 16.8 Å². The number of carbonyl (C=O) groups excluding carboxylic acids is 1. The molecule has 0 radical (unpaired) electrons. The molecule has 21 heavy (non-hydrogen) atoms. The molecule has 0 saturated carbocycles. The third kappa shape index (κ3) is 3.37. The van der Waals surface area contributed by atoms with Crippen LogP contribution in [-0.2, 0) is 0 Å². The Labute approximate surface area is 128 Å². The average molecular weight is 356 g/mol. The zero-order chi connectivity index (χ0) is 15.6. The number of carbonyl (C=O) groups is 1. The van der Waals surface area contributed by atoms with Gasteiger partial charge in [0.2, 0.25) is 0 Å². The largest absolute Gasteiger partial charge is 0.324 e. The number of anilines is 2. The average Bonchev–Trinajstić information content (AvgIpc) is 2.42. The first-order chi connectivity index (χ1) is 9.92. The zero-order valence-corrected chi connectivity index (χ0v) is 12.6. The topological polar surface area (TPSA) is 67.1 Å². The van der Waals surface area contributed by atoms with E-state index < -0.39 is 23.2 Å². The number of halogens is 3. The summed E-state index contributed by atoms with van der Waals surface area (Å²) in [5, 5.41) is 2.24. The summed E-state index contributed by atoms with van der Waals surface area (Å²) in [6, 6.07) is 6.92.